The maximum atomic E-state index is 13.2. The number of carbonyl (C=O) groups excluding carboxylic acids is 1. The summed E-state index contributed by atoms with van der Waals surface area (Å²) in [6.07, 6.45) is 10.1. The Morgan fingerprint density at radius 1 is 1.17 bits per heavy atom. The number of ether oxygens (including phenoxy) is 1. The van der Waals surface area contributed by atoms with E-state index in [-0.39, 0.29) is 5.91 Å². The second-order valence-corrected chi connectivity index (χ2v) is 8.29. The number of piperidine rings is 1. The molecule has 1 aromatic carbocycles. The predicted molar refractivity (Wildman–Crippen MR) is 113 cm³/mol. The molecule has 2 bridgehead atoms. The summed E-state index contributed by atoms with van der Waals surface area (Å²) in [5.41, 5.74) is 1.30. The van der Waals surface area contributed by atoms with Gasteiger partial charge in [-0.05, 0) is 56.2 Å². The standard InChI is InChI=1S/C23H32N4O2/c1-25-14-11-24-22(25)17-26-12-5-15-29-21-8-4-6-19(16-21)9-10-20-7-2-3-13-27(20)23(28)18-26/h4,6,8,11,14,16,20H,2-3,5,7,9-10,12-13,15,17-18H2,1H3. The van der Waals surface area contributed by atoms with Gasteiger partial charge in [0.05, 0.1) is 19.7 Å². The number of aryl methyl sites for hydroxylation is 2. The average molecular weight is 397 g/mol. The van der Waals surface area contributed by atoms with Crippen LogP contribution in [-0.2, 0) is 24.8 Å². The Bertz CT molecular complexity index is 819. The maximum Gasteiger partial charge on any atom is 0.237 e. The van der Waals surface area contributed by atoms with Crippen molar-refractivity contribution in [1.29, 1.82) is 0 Å². The number of aromatic nitrogens is 2. The van der Waals surface area contributed by atoms with Gasteiger partial charge in [0.25, 0.3) is 0 Å². The molecular weight excluding hydrogens is 364 g/mol. The maximum absolute atomic E-state index is 13.2. The lowest BCUT2D eigenvalue weighted by Crippen LogP contribution is -2.48. The number of carbonyl (C=O) groups is 1. The normalized spacial score (nSPS) is 21.9. The Balaban J connectivity index is 1.53. The highest BCUT2D eigenvalue weighted by molar-refractivity contribution is 5.78. The third-order valence-electron chi connectivity index (χ3n) is 6.14. The van der Waals surface area contributed by atoms with Crippen LogP contribution in [-0.4, -0.2) is 57.5 Å². The summed E-state index contributed by atoms with van der Waals surface area (Å²) in [6, 6.07) is 8.79. The van der Waals surface area contributed by atoms with Crippen molar-refractivity contribution in [3.05, 3.63) is 48.0 Å². The fourth-order valence-electron chi connectivity index (χ4n) is 4.48. The largest absolute Gasteiger partial charge is 0.494 e. The number of amides is 1. The van der Waals surface area contributed by atoms with E-state index in [1.54, 1.807) is 0 Å². The summed E-state index contributed by atoms with van der Waals surface area (Å²) >= 11 is 0. The zero-order valence-corrected chi connectivity index (χ0v) is 17.4. The molecule has 3 heterocycles. The smallest absolute Gasteiger partial charge is 0.237 e. The first-order valence-electron chi connectivity index (χ1n) is 10.9. The van der Waals surface area contributed by atoms with Crippen molar-refractivity contribution in [3.63, 3.8) is 0 Å². The van der Waals surface area contributed by atoms with E-state index in [0.29, 0.717) is 25.7 Å². The molecule has 4 rings (SSSR count). The van der Waals surface area contributed by atoms with Crippen molar-refractivity contribution in [3.8, 4) is 5.75 Å². The van der Waals surface area contributed by atoms with Crippen LogP contribution in [0.15, 0.2) is 36.7 Å². The Morgan fingerprint density at radius 3 is 2.97 bits per heavy atom. The molecule has 2 aliphatic heterocycles. The van der Waals surface area contributed by atoms with Gasteiger partial charge in [-0.25, -0.2) is 4.98 Å². The highest BCUT2D eigenvalue weighted by Crippen LogP contribution is 2.23. The van der Waals surface area contributed by atoms with Crippen LogP contribution in [0.5, 0.6) is 5.75 Å². The summed E-state index contributed by atoms with van der Waals surface area (Å²) in [6.45, 7) is 3.50. The molecule has 1 fully saturated rings. The molecule has 1 aromatic heterocycles. The van der Waals surface area contributed by atoms with Crippen LogP contribution in [0.3, 0.4) is 0 Å². The molecule has 1 saturated heterocycles. The highest BCUT2D eigenvalue weighted by Gasteiger charge is 2.28. The summed E-state index contributed by atoms with van der Waals surface area (Å²) in [5, 5.41) is 0. The molecule has 6 nitrogen and oxygen atoms in total. The first kappa shape index (κ1) is 20.0. The van der Waals surface area contributed by atoms with Gasteiger partial charge in [0.2, 0.25) is 5.91 Å². The lowest BCUT2D eigenvalue weighted by atomic mass is 9.95. The van der Waals surface area contributed by atoms with Gasteiger partial charge < -0.3 is 14.2 Å². The second-order valence-electron chi connectivity index (χ2n) is 8.29. The minimum Gasteiger partial charge on any atom is -0.494 e. The van der Waals surface area contributed by atoms with Crippen LogP contribution >= 0.6 is 0 Å². The number of hydrogen-bond donors (Lipinski definition) is 0. The van der Waals surface area contributed by atoms with Crippen molar-refractivity contribution >= 4 is 5.91 Å². The topological polar surface area (TPSA) is 50.6 Å². The van der Waals surface area contributed by atoms with Crippen LogP contribution in [0.4, 0.5) is 0 Å². The van der Waals surface area contributed by atoms with E-state index >= 15 is 0 Å². The molecule has 0 radical (unpaired) electrons. The molecule has 0 saturated carbocycles. The molecule has 0 N–H and O–H groups in total. The van der Waals surface area contributed by atoms with Gasteiger partial charge in [-0.15, -0.1) is 0 Å². The van der Waals surface area contributed by atoms with E-state index in [1.165, 1.54) is 12.0 Å². The Kier molecular flexibility index (Phi) is 6.49. The van der Waals surface area contributed by atoms with Gasteiger partial charge in [0.1, 0.15) is 11.6 Å². The van der Waals surface area contributed by atoms with Crippen molar-refractivity contribution < 1.29 is 9.53 Å². The van der Waals surface area contributed by atoms with Gasteiger partial charge in [0, 0.05) is 38.6 Å². The molecule has 2 aliphatic rings. The summed E-state index contributed by atoms with van der Waals surface area (Å²) in [4.78, 5) is 22.1. The quantitative estimate of drug-likeness (QED) is 0.783. The molecule has 1 unspecified atom stereocenters. The molecule has 1 atom stereocenters. The number of imidazole rings is 1. The number of fused-ring (bicyclic) bond motifs is 3. The first-order chi connectivity index (χ1) is 14.2. The van der Waals surface area contributed by atoms with Gasteiger partial charge in [-0.1, -0.05) is 12.1 Å². The van der Waals surface area contributed by atoms with Crippen molar-refractivity contribution in [2.24, 2.45) is 7.05 Å². The number of hydrogen-bond acceptors (Lipinski definition) is 4. The number of nitrogens with zero attached hydrogens (tertiary/aromatic N) is 4. The van der Waals surface area contributed by atoms with Gasteiger partial charge in [-0.3, -0.25) is 9.69 Å². The second kappa shape index (κ2) is 9.44. The van der Waals surface area contributed by atoms with Crippen LogP contribution in [0.1, 0.15) is 43.5 Å². The van der Waals surface area contributed by atoms with Gasteiger partial charge >= 0.3 is 0 Å². The van der Waals surface area contributed by atoms with Crippen molar-refractivity contribution in [2.45, 2.75) is 51.1 Å². The van der Waals surface area contributed by atoms with Crippen LogP contribution in [0.25, 0.3) is 0 Å². The summed E-state index contributed by atoms with van der Waals surface area (Å²) in [5.74, 6) is 2.20. The van der Waals surface area contributed by atoms with Crippen LogP contribution < -0.4 is 4.74 Å². The Labute approximate surface area is 173 Å². The Hall–Kier alpha value is -2.34. The van der Waals surface area contributed by atoms with E-state index in [9.17, 15) is 4.79 Å². The molecule has 2 aromatic rings. The van der Waals surface area contributed by atoms with Crippen molar-refractivity contribution in [2.75, 3.05) is 26.2 Å². The zero-order valence-electron chi connectivity index (χ0n) is 17.4. The molecule has 0 aliphatic carbocycles. The van der Waals surface area contributed by atoms with E-state index in [1.807, 2.05) is 30.1 Å². The molecule has 29 heavy (non-hydrogen) atoms. The summed E-state index contributed by atoms with van der Waals surface area (Å²) < 4.78 is 8.02. The fraction of sp³-hybridized carbons (Fsp3) is 0.565. The first-order valence-corrected chi connectivity index (χ1v) is 10.9. The zero-order chi connectivity index (χ0) is 20.1. The molecular formula is C23H32N4O2. The summed E-state index contributed by atoms with van der Waals surface area (Å²) in [7, 11) is 2.01. The van der Waals surface area contributed by atoms with Gasteiger partial charge in [0.15, 0.2) is 0 Å². The third-order valence-corrected chi connectivity index (χ3v) is 6.14. The Morgan fingerprint density at radius 2 is 2.10 bits per heavy atom. The van der Waals surface area contributed by atoms with Crippen molar-refractivity contribution in [1.82, 2.24) is 19.4 Å². The minimum atomic E-state index is 0.260. The fourth-order valence-corrected chi connectivity index (χ4v) is 4.48. The van der Waals surface area contributed by atoms with E-state index < -0.39 is 0 Å². The molecule has 6 heteroatoms. The number of rotatable bonds is 2. The molecule has 0 spiro atoms. The lowest BCUT2D eigenvalue weighted by molar-refractivity contribution is -0.136. The highest BCUT2D eigenvalue weighted by atomic mass is 16.5. The van der Waals surface area contributed by atoms with E-state index in [0.717, 1.165) is 56.8 Å². The predicted octanol–water partition coefficient (Wildman–Crippen LogP) is 3.02. The number of benzene rings is 1. The van der Waals surface area contributed by atoms with E-state index in [2.05, 4.69) is 33.0 Å². The minimum absolute atomic E-state index is 0.260. The SMILES string of the molecule is Cn1ccnc1CN1CCCOc2cccc(c2)CCC2CCCCN2C(=O)C1. The van der Waals surface area contributed by atoms with Crippen LogP contribution in [0, 0.1) is 0 Å². The molecule has 1 amide bonds. The monoisotopic (exact) mass is 396 g/mol. The lowest BCUT2D eigenvalue weighted by Gasteiger charge is -2.37. The van der Waals surface area contributed by atoms with Gasteiger partial charge in [-0.2, -0.15) is 0 Å². The van der Waals surface area contributed by atoms with E-state index in [4.69, 9.17) is 4.74 Å². The average Bonchev–Trinajstić information content (AvgIpc) is 3.14. The third kappa shape index (κ3) is 5.18. The molecule has 156 valence electrons. The van der Waals surface area contributed by atoms with Crippen LogP contribution in [0.2, 0.25) is 0 Å².